The Morgan fingerprint density at radius 1 is 0.789 bits per heavy atom. The van der Waals surface area contributed by atoms with E-state index in [-0.39, 0.29) is 5.91 Å². The summed E-state index contributed by atoms with van der Waals surface area (Å²) in [6, 6.07) is 5.55. The predicted octanol–water partition coefficient (Wildman–Crippen LogP) is 8.64. The summed E-state index contributed by atoms with van der Waals surface area (Å²) < 4.78 is 10.9. The highest BCUT2D eigenvalue weighted by atomic mass is 16.5. The fourth-order valence-corrected chi connectivity index (χ4v) is 4.75. The smallest absolute Gasteiger partial charge is 0.228 e. The first-order chi connectivity index (χ1) is 18.7. The molecule has 0 aromatic heterocycles. The number of nitrogens with one attached hydrogen (secondary N) is 1. The molecule has 218 valence electrons. The molecule has 0 unspecified atom stereocenters. The second-order valence-electron chi connectivity index (χ2n) is 10.6. The monoisotopic (exact) mass is 530 g/mol. The van der Waals surface area contributed by atoms with Crippen LogP contribution in [0.4, 0.5) is 0 Å². The van der Waals surface area contributed by atoms with Crippen LogP contribution in [0.25, 0.3) is 0 Å². The summed E-state index contributed by atoms with van der Waals surface area (Å²) in [5.74, 6) is 1.23. The van der Waals surface area contributed by atoms with E-state index in [0.29, 0.717) is 31.1 Å². The molecule has 0 saturated carbocycles. The standard InChI is InChI=1S/C33H58N2O3/c1-3-4-5-6-7-8-9-10-11-12-13-14-15-16-17-18-19-20-21-22-26-35-33(36)29-30-23-24-31(38-27-25-34)32(28-30)37-2/h22-24,26,28H,3-21,25,27,29,34H2,1-2H3,(H,35,36)/b26-22+. The Bertz CT molecular complexity index is 720. The molecular formula is C33H58N2O3. The maximum absolute atomic E-state index is 12.2. The average molecular weight is 531 g/mol. The van der Waals surface area contributed by atoms with E-state index in [9.17, 15) is 4.79 Å². The Labute approximate surface area is 234 Å². The van der Waals surface area contributed by atoms with Crippen molar-refractivity contribution >= 4 is 5.91 Å². The minimum atomic E-state index is -0.0308. The van der Waals surface area contributed by atoms with E-state index in [1.54, 1.807) is 13.3 Å². The molecule has 0 aliphatic carbocycles. The summed E-state index contributed by atoms with van der Waals surface area (Å²) in [7, 11) is 1.59. The van der Waals surface area contributed by atoms with Gasteiger partial charge in [0.15, 0.2) is 11.5 Å². The molecule has 0 spiro atoms. The first kappa shape index (κ1) is 34.0. The number of carbonyl (C=O) groups is 1. The van der Waals surface area contributed by atoms with Crippen LogP contribution in [-0.4, -0.2) is 26.2 Å². The molecule has 1 amide bonds. The lowest BCUT2D eigenvalue weighted by Crippen LogP contribution is -2.19. The number of carbonyl (C=O) groups excluding carboxylic acids is 1. The van der Waals surface area contributed by atoms with E-state index in [1.165, 1.54) is 116 Å². The first-order valence-electron chi connectivity index (χ1n) is 15.7. The van der Waals surface area contributed by atoms with E-state index >= 15 is 0 Å². The molecule has 0 fully saturated rings. The van der Waals surface area contributed by atoms with Crippen LogP contribution >= 0.6 is 0 Å². The molecule has 0 saturated heterocycles. The topological polar surface area (TPSA) is 73.6 Å². The Kier molecular flexibility index (Phi) is 22.6. The largest absolute Gasteiger partial charge is 0.493 e. The lowest BCUT2D eigenvalue weighted by molar-refractivity contribution is -0.119. The van der Waals surface area contributed by atoms with Crippen LogP contribution < -0.4 is 20.5 Å². The third-order valence-corrected chi connectivity index (χ3v) is 7.05. The van der Waals surface area contributed by atoms with Crippen molar-refractivity contribution in [1.29, 1.82) is 0 Å². The number of rotatable bonds is 26. The number of amides is 1. The van der Waals surface area contributed by atoms with Gasteiger partial charge in [0, 0.05) is 6.54 Å². The molecule has 5 nitrogen and oxygen atoms in total. The Morgan fingerprint density at radius 3 is 1.82 bits per heavy atom. The number of nitrogens with two attached hydrogens (primary N) is 1. The molecule has 0 aliphatic rings. The van der Waals surface area contributed by atoms with Gasteiger partial charge in [-0.05, 0) is 36.7 Å². The normalized spacial score (nSPS) is 11.2. The number of hydrogen-bond acceptors (Lipinski definition) is 4. The van der Waals surface area contributed by atoms with E-state index < -0.39 is 0 Å². The molecule has 5 heteroatoms. The van der Waals surface area contributed by atoms with Gasteiger partial charge in [-0.25, -0.2) is 0 Å². The van der Waals surface area contributed by atoms with Crippen molar-refractivity contribution in [2.75, 3.05) is 20.3 Å². The van der Waals surface area contributed by atoms with Gasteiger partial charge in [-0.15, -0.1) is 0 Å². The fraction of sp³-hybridized carbons (Fsp3) is 0.727. The zero-order valence-electron chi connectivity index (χ0n) is 24.7. The number of methoxy groups -OCH3 is 1. The SMILES string of the molecule is CCCCCCCCCCCCCCCCCCCC/C=C/NC(=O)Cc1ccc(OCCN)c(OC)c1. The van der Waals surface area contributed by atoms with Crippen molar-refractivity contribution in [3.63, 3.8) is 0 Å². The highest BCUT2D eigenvalue weighted by Gasteiger charge is 2.08. The fourth-order valence-electron chi connectivity index (χ4n) is 4.75. The van der Waals surface area contributed by atoms with Gasteiger partial charge in [0.1, 0.15) is 6.61 Å². The van der Waals surface area contributed by atoms with E-state index in [1.807, 2.05) is 18.2 Å². The van der Waals surface area contributed by atoms with Crippen molar-refractivity contribution in [1.82, 2.24) is 5.32 Å². The van der Waals surface area contributed by atoms with Crippen molar-refractivity contribution in [3.05, 3.63) is 36.0 Å². The summed E-state index contributed by atoms with van der Waals surface area (Å²) in [6.45, 7) is 3.16. The minimum Gasteiger partial charge on any atom is -0.493 e. The first-order valence-corrected chi connectivity index (χ1v) is 15.7. The second-order valence-corrected chi connectivity index (χ2v) is 10.6. The lowest BCUT2D eigenvalue weighted by Gasteiger charge is -2.11. The number of hydrogen-bond donors (Lipinski definition) is 2. The maximum Gasteiger partial charge on any atom is 0.228 e. The van der Waals surface area contributed by atoms with Gasteiger partial charge in [0.2, 0.25) is 5.91 Å². The predicted molar refractivity (Wildman–Crippen MR) is 162 cm³/mol. The van der Waals surface area contributed by atoms with Gasteiger partial charge in [-0.2, -0.15) is 0 Å². The third-order valence-electron chi connectivity index (χ3n) is 7.05. The van der Waals surface area contributed by atoms with Crippen LogP contribution in [0.2, 0.25) is 0 Å². The number of benzene rings is 1. The Morgan fingerprint density at radius 2 is 1.32 bits per heavy atom. The Hall–Kier alpha value is -2.01. The van der Waals surface area contributed by atoms with Gasteiger partial charge < -0.3 is 20.5 Å². The van der Waals surface area contributed by atoms with Gasteiger partial charge in [-0.1, -0.05) is 128 Å². The quantitative estimate of drug-likeness (QED) is 0.118. The summed E-state index contributed by atoms with van der Waals surface area (Å²) in [5, 5.41) is 2.87. The zero-order chi connectivity index (χ0) is 27.5. The van der Waals surface area contributed by atoms with E-state index in [0.717, 1.165) is 12.0 Å². The second kappa shape index (κ2) is 25.3. The molecular weight excluding hydrogens is 472 g/mol. The van der Waals surface area contributed by atoms with Crippen molar-refractivity contribution in [2.45, 2.75) is 135 Å². The van der Waals surface area contributed by atoms with Gasteiger partial charge in [-0.3, -0.25) is 4.79 Å². The molecule has 1 aromatic rings. The molecule has 1 rings (SSSR count). The molecule has 0 radical (unpaired) electrons. The molecule has 1 aromatic carbocycles. The highest BCUT2D eigenvalue weighted by molar-refractivity contribution is 5.79. The molecule has 38 heavy (non-hydrogen) atoms. The van der Waals surface area contributed by atoms with Gasteiger partial charge in [0.25, 0.3) is 0 Å². The Balaban J connectivity index is 1.91. The van der Waals surface area contributed by atoms with Crippen LogP contribution in [0.15, 0.2) is 30.5 Å². The van der Waals surface area contributed by atoms with Crippen LogP contribution in [0.5, 0.6) is 11.5 Å². The molecule has 0 bridgehead atoms. The van der Waals surface area contributed by atoms with Gasteiger partial charge >= 0.3 is 0 Å². The maximum atomic E-state index is 12.2. The van der Waals surface area contributed by atoms with Crippen LogP contribution in [0.1, 0.15) is 134 Å². The van der Waals surface area contributed by atoms with Crippen LogP contribution in [0.3, 0.4) is 0 Å². The van der Waals surface area contributed by atoms with Crippen molar-refractivity contribution < 1.29 is 14.3 Å². The summed E-state index contributed by atoms with van der Waals surface area (Å²) in [4.78, 5) is 12.2. The number of unbranched alkanes of at least 4 members (excludes halogenated alkanes) is 18. The molecule has 0 heterocycles. The summed E-state index contributed by atoms with van der Waals surface area (Å²) in [5.41, 5.74) is 6.37. The van der Waals surface area contributed by atoms with Gasteiger partial charge in [0.05, 0.1) is 13.5 Å². The summed E-state index contributed by atoms with van der Waals surface area (Å²) in [6.07, 6.45) is 30.3. The van der Waals surface area contributed by atoms with Crippen LogP contribution in [0, 0.1) is 0 Å². The minimum absolute atomic E-state index is 0.0308. The molecule has 0 aliphatic heterocycles. The van der Waals surface area contributed by atoms with Crippen molar-refractivity contribution in [2.24, 2.45) is 5.73 Å². The molecule has 0 atom stereocenters. The van der Waals surface area contributed by atoms with Crippen LogP contribution in [-0.2, 0) is 11.2 Å². The zero-order valence-corrected chi connectivity index (χ0v) is 24.7. The number of allylic oxidation sites excluding steroid dienone is 1. The van der Waals surface area contributed by atoms with E-state index in [2.05, 4.69) is 18.3 Å². The third kappa shape index (κ3) is 19.1. The molecule has 3 N–H and O–H groups in total. The van der Waals surface area contributed by atoms with Crippen molar-refractivity contribution in [3.8, 4) is 11.5 Å². The number of ether oxygens (including phenoxy) is 2. The summed E-state index contributed by atoms with van der Waals surface area (Å²) >= 11 is 0. The highest BCUT2D eigenvalue weighted by Crippen LogP contribution is 2.28. The van der Waals surface area contributed by atoms with E-state index in [4.69, 9.17) is 15.2 Å². The lowest BCUT2D eigenvalue weighted by atomic mass is 10.0. The average Bonchev–Trinajstić information content (AvgIpc) is 2.93.